The lowest BCUT2D eigenvalue weighted by atomic mass is 10.1. The van der Waals surface area contributed by atoms with Crippen LogP contribution in [-0.4, -0.2) is 18.4 Å². The molecule has 0 bridgehead atoms. The van der Waals surface area contributed by atoms with Gasteiger partial charge in [-0.1, -0.05) is 70.2 Å². The monoisotopic (exact) mass is 380 g/mol. The van der Waals surface area contributed by atoms with E-state index in [0.29, 0.717) is 37.8 Å². The minimum absolute atomic E-state index is 0.0264. The second-order valence-corrected chi connectivity index (χ2v) is 8.10. The maximum Gasteiger partial charge on any atom is 0.227 e. The predicted octanol–water partition coefficient (Wildman–Crippen LogP) is 4.58. The van der Waals surface area contributed by atoms with Crippen LogP contribution in [0.3, 0.4) is 0 Å². The fraction of sp³-hybridized carbons (Fsp3) is 0.417. The zero-order valence-electron chi connectivity index (χ0n) is 17.4. The molecule has 0 atom stereocenters. The van der Waals surface area contributed by atoms with Crippen LogP contribution in [0.15, 0.2) is 54.6 Å². The summed E-state index contributed by atoms with van der Waals surface area (Å²) in [6, 6.07) is 17.8. The minimum Gasteiger partial charge on any atom is -0.356 e. The van der Waals surface area contributed by atoms with Crippen molar-refractivity contribution in [3.63, 3.8) is 0 Å². The molecule has 4 nitrogen and oxygen atoms in total. The van der Waals surface area contributed by atoms with Gasteiger partial charge in [-0.25, -0.2) is 0 Å². The molecule has 1 N–H and O–H groups in total. The van der Waals surface area contributed by atoms with Crippen LogP contribution in [0.1, 0.15) is 45.2 Å². The molecule has 0 saturated heterocycles. The summed E-state index contributed by atoms with van der Waals surface area (Å²) >= 11 is 0. The van der Waals surface area contributed by atoms with Crippen molar-refractivity contribution >= 4 is 17.5 Å². The number of hydrogen-bond donors (Lipinski definition) is 1. The van der Waals surface area contributed by atoms with Crippen molar-refractivity contribution in [1.82, 2.24) is 5.32 Å². The zero-order chi connectivity index (χ0) is 20.5. The number of rotatable bonds is 9. The van der Waals surface area contributed by atoms with E-state index >= 15 is 0 Å². The highest BCUT2D eigenvalue weighted by Gasteiger charge is 2.17. The number of nitrogens with one attached hydrogen (secondary N) is 1. The smallest absolute Gasteiger partial charge is 0.227 e. The first-order chi connectivity index (χ1) is 13.3. The molecule has 0 aliphatic carbocycles. The van der Waals surface area contributed by atoms with E-state index in [1.165, 1.54) is 0 Å². The van der Waals surface area contributed by atoms with Gasteiger partial charge in [0.05, 0.1) is 13.0 Å². The standard InChI is InChI=1S/C24H32N2O2/c1-18(2)14-24(28)26(17-21-8-6-5-7-9-21)22-12-10-20(11-13-22)15-23(27)25-16-19(3)4/h5-13,18-19H,14-17H2,1-4H3,(H,25,27). The van der Waals surface area contributed by atoms with Gasteiger partial charge in [-0.3, -0.25) is 9.59 Å². The average Bonchev–Trinajstić information content (AvgIpc) is 2.65. The summed E-state index contributed by atoms with van der Waals surface area (Å²) in [5.41, 5.74) is 2.90. The summed E-state index contributed by atoms with van der Waals surface area (Å²) in [6.45, 7) is 9.48. The Morgan fingerprint density at radius 3 is 2.07 bits per heavy atom. The van der Waals surface area contributed by atoms with Crippen LogP contribution in [0, 0.1) is 11.8 Å². The quantitative estimate of drug-likeness (QED) is 0.692. The van der Waals surface area contributed by atoms with Crippen LogP contribution >= 0.6 is 0 Å². The molecule has 2 rings (SSSR count). The van der Waals surface area contributed by atoms with Gasteiger partial charge >= 0.3 is 0 Å². The number of carbonyl (C=O) groups is 2. The van der Waals surface area contributed by atoms with Gasteiger partial charge in [0.1, 0.15) is 0 Å². The molecule has 0 aromatic heterocycles. The number of anilines is 1. The Morgan fingerprint density at radius 1 is 0.857 bits per heavy atom. The Kier molecular flexibility index (Phi) is 8.24. The van der Waals surface area contributed by atoms with Gasteiger partial charge in [-0.05, 0) is 35.1 Å². The molecule has 0 heterocycles. The summed E-state index contributed by atoms with van der Waals surface area (Å²) in [4.78, 5) is 26.7. The molecule has 0 unspecified atom stereocenters. The van der Waals surface area contributed by atoms with Crippen LogP contribution in [0.25, 0.3) is 0 Å². The molecular weight excluding hydrogens is 348 g/mol. The van der Waals surface area contributed by atoms with Crippen molar-refractivity contribution in [3.05, 3.63) is 65.7 Å². The lowest BCUT2D eigenvalue weighted by Crippen LogP contribution is -2.31. The second-order valence-electron chi connectivity index (χ2n) is 8.10. The Morgan fingerprint density at radius 2 is 1.50 bits per heavy atom. The van der Waals surface area contributed by atoms with Gasteiger partial charge in [-0.15, -0.1) is 0 Å². The van der Waals surface area contributed by atoms with Crippen LogP contribution in [-0.2, 0) is 22.6 Å². The molecule has 0 aliphatic rings. The number of hydrogen-bond acceptors (Lipinski definition) is 2. The molecule has 0 radical (unpaired) electrons. The third-order valence-electron chi connectivity index (χ3n) is 4.39. The fourth-order valence-electron chi connectivity index (χ4n) is 2.91. The first-order valence-electron chi connectivity index (χ1n) is 10.0. The van der Waals surface area contributed by atoms with Crippen LogP contribution in [0.4, 0.5) is 5.69 Å². The van der Waals surface area contributed by atoms with E-state index in [4.69, 9.17) is 0 Å². The van der Waals surface area contributed by atoms with E-state index in [2.05, 4.69) is 33.0 Å². The van der Waals surface area contributed by atoms with Crippen molar-refractivity contribution in [3.8, 4) is 0 Å². The van der Waals surface area contributed by atoms with Gasteiger partial charge in [0.15, 0.2) is 0 Å². The molecule has 0 spiro atoms. The first-order valence-corrected chi connectivity index (χ1v) is 10.0. The summed E-state index contributed by atoms with van der Waals surface area (Å²) in [5.74, 6) is 0.874. The molecular formula is C24H32N2O2. The first kappa shape index (κ1) is 21.7. The normalized spacial score (nSPS) is 10.9. The predicted molar refractivity (Wildman–Crippen MR) is 115 cm³/mol. The van der Waals surface area contributed by atoms with E-state index in [1.54, 1.807) is 0 Å². The molecule has 2 amide bonds. The van der Waals surface area contributed by atoms with E-state index in [0.717, 1.165) is 16.8 Å². The van der Waals surface area contributed by atoms with E-state index < -0.39 is 0 Å². The Labute approximate surface area is 169 Å². The van der Waals surface area contributed by atoms with E-state index in [-0.39, 0.29) is 11.8 Å². The number of amides is 2. The minimum atomic E-state index is 0.0264. The zero-order valence-corrected chi connectivity index (χ0v) is 17.4. The van der Waals surface area contributed by atoms with Crippen LogP contribution in [0.5, 0.6) is 0 Å². The topological polar surface area (TPSA) is 49.4 Å². The van der Waals surface area contributed by atoms with Gasteiger partial charge in [0, 0.05) is 18.7 Å². The highest BCUT2D eigenvalue weighted by Crippen LogP contribution is 2.21. The molecule has 0 fully saturated rings. The largest absolute Gasteiger partial charge is 0.356 e. The van der Waals surface area contributed by atoms with Gasteiger partial charge in [0.25, 0.3) is 0 Å². The van der Waals surface area contributed by atoms with Crippen molar-refractivity contribution in [2.75, 3.05) is 11.4 Å². The molecule has 0 aliphatic heterocycles. The third-order valence-corrected chi connectivity index (χ3v) is 4.39. The second kappa shape index (κ2) is 10.6. The molecule has 0 saturated carbocycles. The maximum absolute atomic E-state index is 12.8. The Balaban J connectivity index is 2.11. The summed E-state index contributed by atoms with van der Waals surface area (Å²) < 4.78 is 0. The summed E-state index contributed by atoms with van der Waals surface area (Å²) in [7, 11) is 0. The SMILES string of the molecule is CC(C)CNC(=O)Cc1ccc(N(Cc2ccccc2)C(=O)CC(C)C)cc1. The van der Waals surface area contributed by atoms with Crippen LogP contribution < -0.4 is 10.2 Å². The van der Waals surface area contributed by atoms with Crippen LogP contribution in [0.2, 0.25) is 0 Å². The van der Waals surface area contributed by atoms with Gasteiger partial charge in [0.2, 0.25) is 11.8 Å². The van der Waals surface area contributed by atoms with E-state index in [9.17, 15) is 9.59 Å². The van der Waals surface area contributed by atoms with Crippen molar-refractivity contribution in [2.24, 2.45) is 11.8 Å². The number of carbonyl (C=O) groups excluding carboxylic acids is 2. The summed E-state index contributed by atoms with van der Waals surface area (Å²) in [5, 5.41) is 2.94. The van der Waals surface area contributed by atoms with Crippen molar-refractivity contribution in [2.45, 2.75) is 47.1 Å². The number of benzene rings is 2. The lowest BCUT2D eigenvalue weighted by molar-refractivity contribution is -0.121. The van der Waals surface area contributed by atoms with Gasteiger partial charge < -0.3 is 10.2 Å². The molecule has 150 valence electrons. The molecule has 2 aromatic carbocycles. The third kappa shape index (κ3) is 7.18. The number of nitrogens with zero attached hydrogens (tertiary/aromatic N) is 1. The summed E-state index contributed by atoms with van der Waals surface area (Å²) in [6.07, 6.45) is 0.859. The molecule has 2 aromatic rings. The maximum atomic E-state index is 12.8. The van der Waals surface area contributed by atoms with Gasteiger partial charge in [-0.2, -0.15) is 0 Å². The highest BCUT2D eigenvalue weighted by atomic mass is 16.2. The Bertz CT molecular complexity index is 752. The molecule has 28 heavy (non-hydrogen) atoms. The average molecular weight is 381 g/mol. The van der Waals surface area contributed by atoms with E-state index in [1.807, 2.05) is 59.5 Å². The Hall–Kier alpha value is -2.62. The van der Waals surface area contributed by atoms with Crippen molar-refractivity contribution < 1.29 is 9.59 Å². The fourth-order valence-corrected chi connectivity index (χ4v) is 2.91. The highest BCUT2D eigenvalue weighted by molar-refractivity contribution is 5.93. The van der Waals surface area contributed by atoms with Crippen molar-refractivity contribution in [1.29, 1.82) is 0 Å². The lowest BCUT2D eigenvalue weighted by Gasteiger charge is -2.24. The molecule has 4 heteroatoms.